The van der Waals surface area contributed by atoms with Gasteiger partial charge in [-0.15, -0.1) is 0 Å². The third-order valence-corrected chi connectivity index (χ3v) is 2.76. The van der Waals surface area contributed by atoms with Crippen LogP contribution in [0.5, 0.6) is 0 Å². The summed E-state index contributed by atoms with van der Waals surface area (Å²) in [6.07, 6.45) is -3.54. The highest BCUT2D eigenvalue weighted by Gasteiger charge is 2.33. The molecule has 1 aliphatic heterocycles. The summed E-state index contributed by atoms with van der Waals surface area (Å²) in [5.41, 5.74) is 0.884. The lowest BCUT2D eigenvalue weighted by Gasteiger charge is -2.14. The van der Waals surface area contributed by atoms with Crippen LogP contribution in [-0.2, 0) is 11.0 Å². The van der Waals surface area contributed by atoms with E-state index in [1.165, 1.54) is 0 Å². The molecule has 0 spiro atoms. The number of carbonyl (C=O) groups excluding carboxylic acids is 1. The van der Waals surface area contributed by atoms with Crippen LogP contribution >= 0.6 is 0 Å². The maximum atomic E-state index is 12.6. The van der Waals surface area contributed by atoms with Crippen LogP contribution < -0.4 is 21.9 Å². The van der Waals surface area contributed by atoms with Gasteiger partial charge in [-0.3, -0.25) is 10.2 Å². The second-order valence-electron chi connectivity index (χ2n) is 4.29. The molecule has 1 saturated heterocycles. The van der Waals surface area contributed by atoms with Crippen LogP contribution in [0.1, 0.15) is 18.5 Å². The number of hydrogen-bond acceptors (Lipinski definition) is 6. The van der Waals surface area contributed by atoms with Crippen LogP contribution in [-0.4, -0.2) is 28.5 Å². The lowest BCUT2D eigenvalue weighted by Crippen LogP contribution is -2.32. The van der Waals surface area contributed by atoms with Gasteiger partial charge >= 0.3 is 6.18 Å². The second-order valence-corrected chi connectivity index (χ2v) is 4.29. The summed E-state index contributed by atoms with van der Waals surface area (Å²) < 4.78 is 37.9. The average molecular weight is 290 g/mol. The van der Waals surface area contributed by atoms with E-state index in [1.54, 1.807) is 0 Å². The number of anilines is 2. The van der Waals surface area contributed by atoms with E-state index in [4.69, 9.17) is 5.84 Å². The molecule has 0 saturated carbocycles. The summed E-state index contributed by atoms with van der Waals surface area (Å²) in [5.74, 6) is 4.62. The minimum Gasteiger partial charge on any atom is -0.368 e. The second kappa shape index (κ2) is 5.49. The van der Waals surface area contributed by atoms with Gasteiger partial charge in [0.2, 0.25) is 11.9 Å². The molecule has 0 bridgehead atoms. The number of hydrogen-bond donors (Lipinski definition) is 4. The lowest BCUT2D eigenvalue weighted by molar-refractivity contribution is -0.141. The quantitative estimate of drug-likeness (QED) is 0.474. The van der Waals surface area contributed by atoms with Crippen LogP contribution in [0, 0.1) is 0 Å². The topological polar surface area (TPSA) is 105 Å². The summed E-state index contributed by atoms with van der Waals surface area (Å²) in [6, 6.07) is 0.665. The first kappa shape index (κ1) is 14.3. The molecule has 7 nitrogen and oxygen atoms in total. The molecule has 1 atom stereocenters. The largest absolute Gasteiger partial charge is 0.433 e. The van der Waals surface area contributed by atoms with Crippen molar-refractivity contribution >= 4 is 17.7 Å². The van der Waals surface area contributed by atoms with Crippen molar-refractivity contribution in [3.63, 3.8) is 0 Å². The van der Waals surface area contributed by atoms with Gasteiger partial charge in [-0.1, -0.05) is 0 Å². The first-order valence-electron chi connectivity index (χ1n) is 5.84. The summed E-state index contributed by atoms with van der Waals surface area (Å²) in [6.45, 7) is 0.282. The first-order valence-corrected chi connectivity index (χ1v) is 5.84. The zero-order valence-electron chi connectivity index (χ0n) is 10.3. The normalized spacial score (nSPS) is 18.8. The number of alkyl halides is 3. The summed E-state index contributed by atoms with van der Waals surface area (Å²) >= 11 is 0. The fraction of sp³-hybridized carbons (Fsp3) is 0.500. The fourth-order valence-corrected chi connectivity index (χ4v) is 1.81. The third-order valence-electron chi connectivity index (χ3n) is 2.76. The monoisotopic (exact) mass is 290 g/mol. The Morgan fingerprint density at radius 2 is 2.20 bits per heavy atom. The summed E-state index contributed by atoms with van der Waals surface area (Å²) in [5, 5.41) is 5.42. The molecule has 1 amide bonds. The minimum atomic E-state index is -4.59. The van der Waals surface area contributed by atoms with Gasteiger partial charge in [-0.05, 0) is 6.42 Å². The fourth-order valence-electron chi connectivity index (χ4n) is 1.81. The molecule has 0 aromatic carbocycles. The number of carbonyl (C=O) groups is 1. The smallest absolute Gasteiger partial charge is 0.368 e. The number of amides is 1. The van der Waals surface area contributed by atoms with Crippen molar-refractivity contribution in [2.75, 3.05) is 17.3 Å². The first-order chi connectivity index (χ1) is 9.38. The van der Waals surface area contributed by atoms with Crippen LogP contribution in [0.3, 0.4) is 0 Å². The molecule has 0 aliphatic carbocycles. The number of aromatic nitrogens is 2. The van der Waals surface area contributed by atoms with Gasteiger partial charge in [-0.25, -0.2) is 10.8 Å². The Balaban J connectivity index is 2.08. The maximum Gasteiger partial charge on any atom is 0.433 e. The Hall–Kier alpha value is -2.10. The van der Waals surface area contributed by atoms with Crippen molar-refractivity contribution in [1.29, 1.82) is 0 Å². The highest BCUT2D eigenvalue weighted by molar-refractivity contribution is 5.78. The minimum absolute atomic E-state index is 0.0126. The SMILES string of the molecule is NNc1nc(NCC2CCC(=O)N2)cc(C(F)(F)F)n1. The zero-order chi connectivity index (χ0) is 14.8. The van der Waals surface area contributed by atoms with E-state index < -0.39 is 11.9 Å². The van der Waals surface area contributed by atoms with E-state index >= 15 is 0 Å². The molecule has 10 heteroatoms. The van der Waals surface area contributed by atoms with Gasteiger partial charge in [0.15, 0.2) is 5.69 Å². The Labute approximate surface area is 112 Å². The van der Waals surface area contributed by atoms with E-state index in [0.717, 1.165) is 6.07 Å². The third kappa shape index (κ3) is 3.47. The molecule has 1 unspecified atom stereocenters. The molecule has 20 heavy (non-hydrogen) atoms. The molecule has 5 N–H and O–H groups in total. The van der Waals surface area contributed by atoms with Crippen LogP contribution in [0.4, 0.5) is 24.9 Å². The molecule has 110 valence electrons. The molecule has 1 aromatic rings. The number of nitrogen functional groups attached to an aromatic ring is 1. The lowest BCUT2D eigenvalue weighted by atomic mass is 10.2. The predicted molar refractivity (Wildman–Crippen MR) is 64.5 cm³/mol. The number of hydrazine groups is 1. The Morgan fingerprint density at radius 1 is 1.45 bits per heavy atom. The molecule has 1 fully saturated rings. The number of halogens is 3. The molecule has 2 rings (SSSR count). The van der Waals surface area contributed by atoms with Gasteiger partial charge in [0.1, 0.15) is 5.82 Å². The van der Waals surface area contributed by atoms with Gasteiger partial charge in [0.05, 0.1) is 0 Å². The van der Waals surface area contributed by atoms with Crippen molar-refractivity contribution in [1.82, 2.24) is 15.3 Å². The highest BCUT2D eigenvalue weighted by atomic mass is 19.4. The highest BCUT2D eigenvalue weighted by Crippen LogP contribution is 2.29. The van der Waals surface area contributed by atoms with Crippen molar-refractivity contribution in [3.8, 4) is 0 Å². The van der Waals surface area contributed by atoms with Crippen LogP contribution in [0.15, 0.2) is 6.07 Å². The van der Waals surface area contributed by atoms with Crippen molar-refractivity contribution in [2.24, 2.45) is 5.84 Å². The summed E-state index contributed by atoms with van der Waals surface area (Å²) in [4.78, 5) is 18.0. The maximum absolute atomic E-state index is 12.6. The molecular formula is C10H13F3N6O. The predicted octanol–water partition coefficient (Wildman–Crippen LogP) is 0.471. The summed E-state index contributed by atoms with van der Waals surface area (Å²) in [7, 11) is 0. The molecule has 0 radical (unpaired) electrons. The van der Waals surface area contributed by atoms with Gasteiger partial charge < -0.3 is 10.6 Å². The Bertz CT molecular complexity index is 506. The zero-order valence-corrected chi connectivity index (χ0v) is 10.3. The molecule has 2 heterocycles. The number of nitrogens with zero attached hydrogens (tertiary/aromatic N) is 2. The average Bonchev–Trinajstić information content (AvgIpc) is 2.81. The standard InChI is InChI=1S/C10H13F3N6O/c11-10(12,13)6-3-7(18-9(17-6)19-14)15-4-5-1-2-8(20)16-5/h3,5H,1-2,4,14H2,(H,16,20)(H2,15,17,18,19). The van der Waals surface area contributed by atoms with Crippen molar-refractivity contribution in [3.05, 3.63) is 11.8 Å². The number of rotatable bonds is 4. The van der Waals surface area contributed by atoms with E-state index in [1.807, 2.05) is 5.43 Å². The number of nitrogens with two attached hydrogens (primary N) is 1. The van der Waals surface area contributed by atoms with E-state index in [9.17, 15) is 18.0 Å². The van der Waals surface area contributed by atoms with Crippen LogP contribution in [0.25, 0.3) is 0 Å². The van der Waals surface area contributed by atoms with Crippen molar-refractivity contribution < 1.29 is 18.0 Å². The molecule has 1 aromatic heterocycles. The van der Waals surface area contributed by atoms with E-state index in [-0.39, 0.29) is 30.3 Å². The number of nitrogens with one attached hydrogen (secondary N) is 3. The van der Waals surface area contributed by atoms with E-state index in [0.29, 0.717) is 12.8 Å². The van der Waals surface area contributed by atoms with Gasteiger partial charge in [0, 0.05) is 25.1 Å². The molecular weight excluding hydrogens is 277 g/mol. The van der Waals surface area contributed by atoms with Crippen LogP contribution in [0.2, 0.25) is 0 Å². The van der Waals surface area contributed by atoms with Crippen molar-refractivity contribution in [2.45, 2.75) is 25.1 Å². The molecule has 1 aliphatic rings. The Kier molecular flexibility index (Phi) is 3.93. The Morgan fingerprint density at radius 3 is 2.75 bits per heavy atom. The van der Waals surface area contributed by atoms with Gasteiger partial charge in [0.25, 0.3) is 0 Å². The van der Waals surface area contributed by atoms with E-state index in [2.05, 4.69) is 20.6 Å². The van der Waals surface area contributed by atoms with Gasteiger partial charge in [-0.2, -0.15) is 18.2 Å².